The van der Waals surface area contributed by atoms with Gasteiger partial charge in [0.15, 0.2) is 0 Å². The van der Waals surface area contributed by atoms with Crippen LogP contribution in [0.15, 0.2) is 16.4 Å². The minimum atomic E-state index is -0.174. The van der Waals surface area contributed by atoms with E-state index in [4.69, 9.17) is 0 Å². The Morgan fingerprint density at radius 1 is 1.71 bits per heavy atom. The monoisotopic (exact) mass is 210 g/mol. The molecule has 0 radical (unpaired) electrons. The molecule has 0 spiro atoms. The molecule has 1 heterocycles. The summed E-state index contributed by atoms with van der Waals surface area (Å²) in [5.74, 6) is -0.174. The van der Waals surface area contributed by atoms with E-state index in [0.717, 1.165) is 18.0 Å². The predicted molar refractivity (Wildman–Crippen MR) is 61.6 cm³/mol. The molecule has 76 valence electrons. The summed E-state index contributed by atoms with van der Waals surface area (Å²) in [4.78, 5) is 15.2. The lowest BCUT2D eigenvalue weighted by Crippen LogP contribution is -2.03. The van der Waals surface area contributed by atoms with Crippen molar-refractivity contribution in [1.82, 2.24) is 0 Å². The molecular formula is C10H14N2OS. The van der Waals surface area contributed by atoms with Crippen molar-refractivity contribution in [1.29, 1.82) is 0 Å². The zero-order valence-electron chi connectivity index (χ0n) is 8.41. The van der Waals surface area contributed by atoms with Crippen LogP contribution in [0, 0.1) is 0 Å². The standard InChI is InChI=1S/C10H14N2OS/c1-3-6-12-10-8(5-7-14-10)9(13)11-4-2/h4-5,7,12H,3,6H2,1-2H3/b11-4-. The van der Waals surface area contributed by atoms with Crippen LogP contribution in [0.4, 0.5) is 5.00 Å². The second kappa shape index (κ2) is 5.54. The molecule has 1 rings (SSSR count). The average Bonchev–Trinajstić information content (AvgIpc) is 2.63. The Morgan fingerprint density at radius 3 is 3.14 bits per heavy atom. The van der Waals surface area contributed by atoms with E-state index in [1.807, 2.05) is 5.38 Å². The lowest BCUT2D eigenvalue weighted by molar-refractivity contribution is 0.100. The van der Waals surface area contributed by atoms with Gasteiger partial charge < -0.3 is 5.32 Å². The molecule has 0 saturated carbocycles. The van der Waals surface area contributed by atoms with Crippen LogP contribution in [0.25, 0.3) is 0 Å². The van der Waals surface area contributed by atoms with Gasteiger partial charge in [0.05, 0.1) is 5.56 Å². The molecule has 0 aliphatic rings. The van der Waals surface area contributed by atoms with Crippen LogP contribution in [-0.4, -0.2) is 18.7 Å². The third-order valence-corrected chi connectivity index (χ3v) is 2.55. The fraction of sp³-hybridized carbons (Fsp3) is 0.400. The van der Waals surface area contributed by atoms with Gasteiger partial charge in [0, 0.05) is 12.8 Å². The van der Waals surface area contributed by atoms with Gasteiger partial charge in [-0.3, -0.25) is 4.79 Å². The van der Waals surface area contributed by atoms with Crippen LogP contribution in [0.5, 0.6) is 0 Å². The molecule has 0 aliphatic heterocycles. The molecule has 0 aliphatic carbocycles. The summed E-state index contributed by atoms with van der Waals surface area (Å²) in [7, 11) is 0. The number of hydrogen-bond acceptors (Lipinski definition) is 3. The summed E-state index contributed by atoms with van der Waals surface area (Å²) >= 11 is 1.54. The highest BCUT2D eigenvalue weighted by Gasteiger charge is 2.10. The van der Waals surface area contributed by atoms with Crippen LogP contribution in [0.3, 0.4) is 0 Å². The van der Waals surface area contributed by atoms with Crippen LogP contribution in [-0.2, 0) is 0 Å². The largest absolute Gasteiger partial charge is 0.376 e. The van der Waals surface area contributed by atoms with Crippen molar-refractivity contribution in [2.75, 3.05) is 11.9 Å². The maximum Gasteiger partial charge on any atom is 0.279 e. The number of aliphatic imine (C=N–C) groups is 1. The number of amides is 1. The summed E-state index contributed by atoms with van der Waals surface area (Å²) in [6.45, 7) is 4.71. The van der Waals surface area contributed by atoms with Gasteiger partial charge in [0.1, 0.15) is 5.00 Å². The maximum atomic E-state index is 11.5. The number of rotatable bonds is 4. The molecule has 1 amide bonds. The number of nitrogens with one attached hydrogen (secondary N) is 1. The van der Waals surface area contributed by atoms with Crippen molar-refractivity contribution >= 4 is 28.5 Å². The second-order valence-electron chi connectivity index (χ2n) is 2.78. The molecule has 14 heavy (non-hydrogen) atoms. The summed E-state index contributed by atoms with van der Waals surface area (Å²) in [5.41, 5.74) is 0.668. The molecule has 1 aromatic rings. The summed E-state index contributed by atoms with van der Waals surface area (Å²) in [6.07, 6.45) is 2.56. The highest BCUT2D eigenvalue weighted by molar-refractivity contribution is 7.14. The first kappa shape index (κ1) is 10.9. The van der Waals surface area contributed by atoms with Crippen LogP contribution >= 0.6 is 11.3 Å². The predicted octanol–water partition coefficient (Wildman–Crippen LogP) is 2.80. The zero-order chi connectivity index (χ0) is 10.4. The highest BCUT2D eigenvalue weighted by atomic mass is 32.1. The van der Waals surface area contributed by atoms with Crippen molar-refractivity contribution < 1.29 is 4.79 Å². The topological polar surface area (TPSA) is 41.5 Å². The Kier molecular flexibility index (Phi) is 4.32. The van der Waals surface area contributed by atoms with E-state index >= 15 is 0 Å². The molecule has 0 unspecified atom stereocenters. The molecule has 3 nitrogen and oxygen atoms in total. The van der Waals surface area contributed by atoms with E-state index in [-0.39, 0.29) is 5.91 Å². The Labute approximate surface area is 87.9 Å². The van der Waals surface area contributed by atoms with Crippen molar-refractivity contribution in [2.24, 2.45) is 4.99 Å². The molecule has 0 saturated heterocycles. The second-order valence-corrected chi connectivity index (χ2v) is 3.70. The van der Waals surface area contributed by atoms with Crippen LogP contribution < -0.4 is 5.32 Å². The molecule has 0 fully saturated rings. The third kappa shape index (κ3) is 2.67. The zero-order valence-corrected chi connectivity index (χ0v) is 9.23. The van der Waals surface area contributed by atoms with Crippen molar-refractivity contribution in [2.45, 2.75) is 20.3 Å². The summed E-state index contributed by atoms with van der Waals surface area (Å²) < 4.78 is 0. The van der Waals surface area contributed by atoms with Gasteiger partial charge in [0.25, 0.3) is 5.91 Å². The van der Waals surface area contributed by atoms with Gasteiger partial charge >= 0.3 is 0 Å². The van der Waals surface area contributed by atoms with Gasteiger partial charge in [-0.15, -0.1) is 11.3 Å². The van der Waals surface area contributed by atoms with E-state index in [0.29, 0.717) is 5.56 Å². The van der Waals surface area contributed by atoms with E-state index in [9.17, 15) is 4.79 Å². The molecule has 0 bridgehead atoms. The van der Waals surface area contributed by atoms with E-state index < -0.39 is 0 Å². The first-order valence-electron chi connectivity index (χ1n) is 4.64. The maximum absolute atomic E-state index is 11.5. The number of carbonyl (C=O) groups excluding carboxylic acids is 1. The first-order valence-corrected chi connectivity index (χ1v) is 5.52. The van der Waals surface area contributed by atoms with Crippen molar-refractivity contribution in [3.63, 3.8) is 0 Å². The Morgan fingerprint density at radius 2 is 2.50 bits per heavy atom. The Balaban J connectivity index is 2.76. The average molecular weight is 210 g/mol. The van der Waals surface area contributed by atoms with Crippen molar-refractivity contribution in [3.05, 3.63) is 17.0 Å². The number of nitrogens with zero attached hydrogens (tertiary/aromatic N) is 1. The minimum Gasteiger partial charge on any atom is -0.376 e. The molecular weight excluding hydrogens is 196 g/mol. The number of thiophene rings is 1. The minimum absolute atomic E-state index is 0.174. The van der Waals surface area contributed by atoms with E-state index in [2.05, 4.69) is 17.2 Å². The van der Waals surface area contributed by atoms with Crippen LogP contribution in [0.1, 0.15) is 30.6 Å². The lowest BCUT2D eigenvalue weighted by atomic mass is 10.3. The lowest BCUT2D eigenvalue weighted by Gasteiger charge is -2.02. The smallest absolute Gasteiger partial charge is 0.279 e. The Hall–Kier alpha value is -1.16. The van der Waals surface area contributed by atoms with Gasteiger partial charge in [-0.2, -0.15) is 0 Å². The third-order valence-electron chi connectivity index (χ3n) is 1.68. The normalized spacial score (nSPS) is 10.7. The van der Waals surface area contributed by atoms with Gasteiger partial charge in [-0.1, -0.05) is 6.92 Å². The van der Waals surface area contributed by atoms with Crippen LogP contribution in [0.2, 0.25) is 0 Å². The summed E-state index contributed by atoms with van der Waals surface area (Å²) in [5, 5.41) is 6.02. The highest BCUT2D eigenvalue weighted by Crippen LogP contribution is 2.23. The molecule has 0 atom stereocenters. The van der Waals surface area contributed by atoms with Gasteiger partial charge in [-0.05, 0) is 24.8 Å². The van der Waals surface area contributed by atoms with Gasteiger partial charge in [0.2, 0.25) is 0 Å². The Bertz CT molecular complexity index is 331. The molecule has 0 aromatic carbocycles. The molecule has 4 heteroatoms. The fourth-order valence-electron chi connectivity index (χ4n) is 1.04. The fourth-order valence-corrected chi connectivity index (χ4v) is 1.85. The van der Waals surface area contributed by atoms with E-state index in [1.54, 1.807) is 13.0 Å². The van der Waals surface area contributed by atoms with Gasteiger partial charge in [-0.25, -0.2) is 4.99 Å². The quantitative estimate of drug-likeness (QED) is 0.776. The summed E-state index contributed by atoms with van der Waals surface area (Å²) in [6, 6.07) is 1.80. The number of anilines is 1. The SMILES string of the molecule is C/C=N\C(=O)c1ccsc1NCCC. The van der Waals surface area contributed by atoms with Crippen molar-refractivity contribution in [3.8, 4) is 0 Å². The number of carbonyl (C=O) groups is 1. The molecule has 1 aromatic heterocycles. The van der Waals surface area contributed by atoms with E-state index in [1.165, 1.54) is 17.6 Å². The molecule has 1 N–H and O–H groups in total. The first-order chi connectivity index (χ1) is 6.79. The number of hydrogen-bond donors (Lipinski definition) is 1.